The number of aromatic hydroxyl groups is 1. The van der Waals surface area contributed by atoms with Crippen molar-refractivity contribution in [3.63, 3.8) is 0 Å². The molecule has 0 bridgehead atoms. The van der Waals surface area contributed by atoms with Gasteiger partial charge in [-0.15, -0.1) is 0 Å². The molecule has 0 aliphatic carbocycles. The molecule has 3 aromatic rings. The molecule has 114 valence electrons. The van der Waals surface area contributed by atoms with Crippen LogP contribution in [0.3, 0.4) is 0 Å². The maximum Gasteiger partial charge on any atom is 0.306 e. The van der Waals surface area contributed by atoms with E-state index in [1.807, 2.05) is 0 Å². The Bertz CT molecular complexity index is 856. The van der Waals surface area contributed by atoms with Crippen LogP contribution in [0.2, 0.25) is 0 Å². The van der Waals surface area contributed by atoms with Crippen LogP contribution in [0.15, 0.2) is 41.3 Å². The molecular formula is C14H11F2N3O3. The molecule has 0 radical (unpaired) electrons. The second-order valence-corrected chi connectivity index (χ2v) is 4.49. The Labute approximate surface area is 122 Å². The van der Waals surface area contributed by atoms with Crippen molar-refractivity contribution in [2.75, 3.05) is 6.61 Å². The van der Waals surface area contributed by atoms with E-state index >= 15 is 0 Å². The molecule has 3 rings (SSSR count). The maximum absolute atomic E-state index is 12.5. The highest BCUT2D eigenvalue weighted by molar-refractivity contribution is 5.75. The first-order valence-corrected chi connectivity index (χ1v) is 6.37. The van der Waals surface area contributed by atoms with Crippen LogP contribution in [-0.4, -0.2) is 32.7 Å². The SMILES string of the molecule is O=c1c2cc[nH]c2nc(OCC(F)F)n1-c1ccc(O)cc1. The average Bonchev–Trinajstić information content (AvgIpc) is 2.95. The largest absolute Gasteiger partial charge is 0.508 e. The highest BCUT2D eigenvalue weighted by atomic mass is 19.3. The Morgan fingerprint density at radius 3 is 2.68 bits per heavy atom. The Morgan fingerprint density at radius 2 is 2.00 bits per heavy atom. The smallest absolute Gasteiger partial charge is 0.306 e. The number of H-pyrrole nitrogens is 1. The summed E-state index contributed by atoms with van der Waals surface area (Å²) in [6.45, 7) is -0.878. The summed E-state index contributed by atoms with van der Waals surface area (Å²) >= 11 is 0. The average molecular weight is 307 g/mol. The molecule has 2 N–H and O–H groups in total. The summed E-state index contributed by atoms with van der Waals surface area (Å²) in [5.74, 6) is 0.0162. The highest BCUT2D eigenvalue weighted by Crippen LogP contribution is 2.19. The maximum atomic E-state index is 12.5. The number of halogens is 2. The number of nitrogens with one attached hydrogen (secondary N) is 1. The molecule has 6 nitrogen and oxygen atoms in total. The summed E-state index contributed by atoms with van der Waals surface area (Å²) in [4.78, 5) is 19.3. The lowest BCUT2D eigenvalue weighted by Crippen LogP contribution is -2.23. The molecule has 2 heterocycles. The van der Waals surface area contributed by atoms with Gasteiger partial charge in [-0.2, -0.15) is 4.98 Å². The molecule has 0 saturated carbocycles. The normalized spacial score (nSPS) is 11.2. The molecule has 22 heavy (non-hydrogen) atoms. The van der Waals surface area contributed by atoms with Crippen molar-refractivity contribution >= 4 is 11.0 Å². The molecular weight excluding hydrogens is 296 g/mol. The highest BCUT2D eigenvalue weighted by Gasteiger charge is 2.16. The van der Waals surface area contributed by atoms with Crippen molar-refractivity contribution in [2.24, 2.45) is 0 Å². The number of phenols is 1. The zero-order valence-electron chi connectivity index (χ0n) is 11.2. The molecule has 0 aliphatic rings. The van der Waals surface area contributed by atoms with Gasteiger partial charge in [0.15, 0.2) is 6.61 Å². The third-order valence-electron chi connectivity index (χ3n) is 3.00. The Kier molecular flexibility index (Phi) is 3.50. The van der Waals surface area contributed by atoms with Gasteiger partial charge < -0.3 is 14.8 Å². The molecule has 0 fully saturated rings. The Morgan fingerprint density at radius 1 is 1.27 bits per heavy atom. The lowest BCUT2D eigenvalue weighted by atomic mass is 10.3. The predicted molar refractivity (Wildman–Crippen MR) is 74.9 cm³/mol. The lowest BCUT2D eigenvalue weighted by Gasteiger charge is -2.12. The van der Waals surface area contributed by atoms with Crippen LogP contribution in [-0.2, 0) is 0 Å². The van der Waals surface area contributed by atoms with Gasteiger partial charge in [-0.1, -0.05) is 0 Å². The van der Waals surface area contributed by atoms with Crippen LogP contribution in [0, 0.1) is 0 Å². The number of ether oxygens (including phenoxy) is 1. The number of benzene rings is 1. The zero-order valence-corrected chi connectivity index (χ0v) is 11.2. The first-order valence-electron chi connectivity index (χ1n) is 6.37. The standard InChI is InChI=1S/C14H11F2N3O3/c15-11(16)7-22-14-18-12-10(5-6-17-12)13(21)19(14)8-1-3-9(20)4-2-8/h1-6,11,17,20H,7H2. The van der Waals surface area contributed by atoms with E-state index in [4.69, 9.17) is 4.74 Å². The van der Waals surface area contributed by atoms with Crippen LogP contribution in [0.5, 0.6) is 11.8 Å². The number of alkyl halides is 2. The van der Waals surface area contributed by atoms with E-state index < -0.39 is 18.6 Å². The summed E-state index contributed by atoms with van der Waals surface area (Å²) in [6, 6.07) is 6.97. The topological polar surface area (TPSA) is 80.1 Å². The lowest BCUT2D eigenvalue weighted by molar-refractivity contribution is 0.0757. The monoisotopic (exact) mass is 307 g/mol. The van der Waals surface area contributed by atoms with Crippen molar-refractivity contribution < 1.29 is 18.6 Å². The molecule has 0 atom stereocenters. The van der Waals surface area contributed by atoms with Gasteiger partial charge in [-0.3, -0.25) is 4.79 Å². The molecule has 8 heteroatoms. The van der Waals surface area contributed by atoms with Gasteiger partial charge in [0.05, 0.1) is 11.1 Å². The number of hydrogen-bond donors (Lipinski definition) is 2. The fraction of sp³-hybridized carbons (Fsp3) is 0.143. The van der Waals surface area contributed by atoms with Crippen LogP contribution >= 0.6 is 0 Å². The van der Waals surface area contributed by atoms with Crippen LogP contribution in [0.25, 0.3) is 16.7 Å². The van der Waals surface area contributed by atoms with Gasteiger partial charge in [0.1, 0.15) is 11.4 Å². The third kappa shape index (κ3) is 2.50. The quantitative estimate of drug-likeness (QED) is 0.773. The summed E-state index contributed by atoms with van der Waals surface area (Å²) in [5.41, 5.74) is 0.146. The molecule has 0 saturated heterocycles. The van der Waals surface area contributed by atoms with E-state index in [1.54, 1.807) is 6.07 Å². The molecule has 0 spiro atoms. The van der Waals surface area contributed by atoms with Crippen molar-refractivity contribution in [1.29, 1.82) is 0 Å². The fourth-order valence-electron chi connectivity index (χ4n) is 2.04. The zero-order chi connectivity index (χ0) is 15.7. The van der Waals surface area contributed by atoms with Crippen molar-refractivity contribution in [3.05, 3.63) is 46.9 Å². The van der Waals surface area contributed by atoms with E-state index in [1.165, 1.54) is 30.5 Å². The first-order chi connectivity index (χ1) is 10.6. The van der Waals surface area contributed by atoms with Gasteiger partial charge in [-0.05, 0) is 30.3 Å². The summed E-state index contributed by atoms with van der Waals surface area (Å²) in [5, 5.41) is 9.62. The molecule has 0 amide bonds. The first kappa shape index (κ1) is 14.1. The minimum Gasteiger partial charge on any atom is -0.508 e. The number of aromatic amines is 1. The minimum absolute atomic E-state index is 0.0162. The summed E-state index contributed by atoms with van der Waals surface area (Å²) in [7, 11) is 0. The van der Waals surface area contributed by atoms with Gasteiger partial charge in [0.2, 0.25) is 0 Å². The second kappa shape index (κ2) is 5.47. The second-order valence-electron chi connectivity index (χ2n) is 4.49. The van der Waals surface area contributed by atoms with Crippen molar-refractivity contribution in [3.8, 4) is 17.4 Å². The van der Waals surface area contributed by atoms with Gasteiger partial charge >= 0.3 is 6.01 Å². The Hall–Kier alpha value is -2.90. The van der Waals surface area contributed by atoms with E-state index in [0.717, 1.165) is 4.57 Å². The number of rotatable bonds is 4. The summed E-state index contributed by atoms with van der Waals surface area (Å²) < 4.78 is 30.8. The minimum atomic E-state index is -2.69. The molecule has 2 aromatic heterocycles. The number of phenolic OH excluding ortho intramolecular Hbond substituents is 1. The van der Waals surface area contributed by atoms with Crippen molar-refractivity contribution in [2.45, 2.75) is 6.43 Å². The fourth-order valence-corrected chi connectivity index (χ4v) is 2.04. The number of hydrogen-bond acceptors (Lipinski definition) is 4. The third-order valence-corrected chi connectivity index (χ3v) is 3.00. The van der Waals surface area contributed by atoms with Gasteiger partial charge in [-0.25, -0.2) is 13.3 Å². The van der Waals surface area contributed by atoms with Gasteiger partial charge in [0.25, 0.3) is 12.0 Å². The Balaban J connectivity index is 2.20. The van der Waals surface area contributed by atoms with E-state index in [-0.39, 0.29) is 17.4 Å². The molecule has 0 aliphatic heterocycles. The predicted octanol–water partition coefficient (Wildman–Crippen LogP) is 2.06. The molecule has 0 unspecified atom stereocenters. The summed E-state index contributed by atoms with van der Waals surface area (Å²) in [6.07, 6.45) is -1.17. The van der Waals surface area contributed by atoms with E-state index in [0.29, 0.717) is 11.1 Å². The van der Waals surface area contributed by atoms with Gasteiger partial charge in [0, 0.05) is 6.20 Å². The number of aromatic nitrogens is 3. The van der Waals surface area contributed by atoms with E-state index in [2.05, 4.69) is 9.97 Å². The number of fused-ring (bicyclic) bond motifs is 1. The number of nitrogens with zero attached hydrogens (tertiary/aromatic N) is 2. The molecule has 1 aromatic carbocycles. The van der Waals surface area contributed by atoms with Crippen LogP contribution in [0.4, 0.5) is 8.78 Å². The van der Waals surface area contributed by atoms with Crippen LogP contribution < -0.4 is 10.3 Å². The van der Waals surface area contributed by atoms with Crippen LogP contribution in [0.1, 0.15) is 0 Å². The van der Waals surface area contributed by atoms with E-state index in [9.17, 15) is 18.7 Å². The van der Waals surface area contributed by atoms with Crippen molar-refractivity contribution in [1.82, 2.24) is 14.5 Å².